The summed E-state index contributed by atoms with van der Waals surface area (Å²) in [5.74, 6) is -0.392. The van der Waals surface area contributed by atoms with Crippen molar-refractivity contribution in [1.82, 2.24) is 21.1 Å². The lowest BCUT2D eigenvalue weighted by atomic mass is 9.93. The van der Waals surface area contributed by atoms with Crippen molar-refractivity contribution in [2.45, 2.75) is 37.4 Å². The predicted octanol–water partition coefficient (Wildman–Crippen LogP) is 0.944. The third-order valence-corrected chi connectivity index (χ3v) is 5.37. The molecule has 0 spiro atoms. The van der Waals surface area contributed by atoms with Gasteiger partial charge in [0.2, 0.25) is 5.91 Å². The van der Waals surface area contributed by atoms with Gasteiger partial charge in [-0.1, -0.05) is 18.2 Å². The van der Waals surface area contributed by atoms with Crippen LogP contribution in [0, 0.1) is 11.7 Å². The number of nitrogens with one attached hydrogen (secondary N) is 3. The van der Waals surface area contributed by atoms with Crippen LogP contribution in [-0.2, 0) is 4.79 Å². The van der Waals surface area contributed by atoms with Crippen LogP contribution < -0.4 is 16.2 Å². The Labute approximate surface area is 135 Å². The zero-order valence-corrected chi connectivity index (χ0v) is 13.1. The Morgan fingerprint density at radius 3 is 2.87 bits per heavy atom. The van der Waals surface area contributed by atoms with Gasteiger partial charge in [-0.25, -0.2) is 9.82 Å². The third-order valence-electron chi connectivity index (χ3n) is 5.37. The van der Waals surface area contributed by atoms with Crippen LogP contribution in [0.2, 0.25) is 0 Å². The number of hydrazine groups is 1. The Hall–Kier alpha value is -1.50. The van der Waals surface area contributed by atoms with Crippen molar-refractivity contribution >= 4 is 5.91 Å². The Bertz CT molecular complexity index is 596. The fraction of sp³-hybridized carbons (Fsp3) is 0.588. The molecule has 3 heterocycles. The number of carbonyl (C=O) groups is 1. The second-order valence-electron chi connectivity index (χ2n) is 6.84. The molecule has 1 aromatic carbocycles. The molecule has 1 aromatic rings. The number of hydrogen-bond acceptors (Lipinski definition) is 4. The van der Waals surface area contributed by atoms with E-state index in [1.54, 1.807) is 12.1 Å². The maximum Gasteiger partial charge on any atom is 0.229 e. The molecule has 0 saturated carbocycles. The Morgan fingerprint density at radius 1 is 1.17 bits per heavy atom. The van der Waals surface area contributed by atoms with E-state index >= 15 is 0 Å². The first kappa shape index (κ1) is 15.1. The summed E-state index contributed by atoms with van der Waals surface area (Å²) in [6, 6.07) is 7.36. The van der Waals surface area contributed by atoms with Crippen LogP contribution in [0.15, 0.2) is 24.3 Å². The first-order chi connectivity index (χ1) is 11.2. The van der Waals surface area contributed by atoms with Gasteiger partial charge in [-0.2, -0.15) is 0 Å². The number of amides is 1. The average Bonchev–Trinajstić information content (AvgIpc) is 3.14. The van der Waals surface area contributed by atoms with Crippen LogP contribution in [0.4, 0.5) is 4.39 Å². The van der Waals surface area contributed by atoms with E-state index < -0.39 is 0 Å². The number of benzene rings is 1. The molecule has 6 heteroatoms. The molecular weight excluding hydrogens is 295 g/mol. The van der Waals surface area contributed by atoms with Gasteiger partial charge in [0.05, 0.1) is 12.0 Å². The molecule has 2 bridgehead atoms. The molecule has 4 rings (SSSR count). The van der Waals surface area contributed by atoms with Crippen LogP contribution in [0.1, 0.15) is 30.9 Å². The summed E-state index contributed by atoms with van der Waals surface area (Å²) < 4.78 is 14.1. The number of halogens is 1. The molecule has 3 N–H and O–H groups in total. The van der Waals surface area contributed by atoms with Crippen LogP contribution in [-0.4, -0.2) is 42.5 Å². The standard InChI is InChI=1S/C17H23FN4O/c18-15-4-2-1-3-13(15)16-14(9-19-21-16)17(23)22-8-7-11-5-6-12(10-22)20-11/h1-4,11-12,14,16,19-21H,5-10H2. The molecule has 3 saturated heterocycles. The third kappa shape index (κ3) is 2.86. The zero-order valence-electron chi connectivity index (χ0n) is 13.1. The van der Waals surface area contributed by atoms with Crippen molar-refractivity contribution in [1.29, 1.82) is 0 Å². The normalized spacial score (nSPS) is 33.7. The van der Waals surface area contributed by atoms with Crippen LogP contribution in [0.3, 0.4) is 0 Å². The molecular formula is C17H23FN4O. The first-order valence-corrected chi connectivity index (χ1v) is 8.50. The van der Waals surface area contributed by atoms with E-state index in [-0.39, 0.29) is 23.7 Å². The largest absolute Gasteiger partial charge is 0.341 e. The molecule has 3 aliphatic heterocycles. The number of rotatable bonds is 2. The van der Waals surface area contributed by atoms with E-state index in [1.165, 1.54) is 12.5 Å². The van der Waals surface area contributed by atoms with E-state index in [1.807, 2.05) is 11.0 Å². The Balaban J connectivity index is 1.52. The second-order valence-corrected chi connectivity index (χ2v) is 6.84. The minimum atomic E-state index is -0.308. The summed E-state index contributed by atoms with van der Waals surface area (Å²) in [7, 11) is 0. The summed E-state index contributed by atoms with van der Waals surface area (Å²) in [6.45, 7) is 2.11. The zero-order chi connectivity index (χ0) is 15.8. The highest BCUT2D eigenvalue weighted by atomic mass is 19.1. The lowest BCUT2D eigenvalue weighted by Crippen LogP contribution is -2.43. The van der Waals surface area contributed by atoms with Crippen LogP contribution in [0.5, 0.6) is 0 Å². The van der Waals surface area contributed by atoms with E-state index in [0.29, 0.717) is 24.2 Å². The summed E-state index contributed by atoms with van der Waals surface area (Å²) in [6.07, 6.45) is 3.38. The molecule has 0 aromatic heterocycles. The maximum atomic E-state index is 14.1. The summed E-state index contributed by atoms with van der Waals surface area (Å²) in [5, 5.41) is 3.60. The maximum absolute atomic E-state index is 14.1. The molecule has 124 valence electrons. The molecule has 1 amide bonds. The van der Waals surface area contributed by atoms with Crippen molar-refractivity contribution in [2.75, 3.05) is 19.6 Å². The number of hydrogen-bond donors (Lipinski definition) is 3. The van der Waals surface area contributed by atoms with E-state index in [0.717, 1.165) is 25.9 Å². The number of likely N-dealkylation sites (tertiary alicyclic amines) is 1. The van der Waals surface area contributed by atoms with E-state index in [2.05, 4.69) is 16.2 Å². The lowest BCUT2D eigenvalue weighted by Gasteiger charge is -2.29. The van der Waals surface area contributed by atoms with Crippen molar-refractivity contribution in [3.63, 3.8) is 0 Å². The highest BCUT2D eigenvalue weighted by molar-refractivity contribution is 5.80. The summed E-state index contributed by atoms with van der Waals surface area (Å²) in [5.41, 5.74) is 6.68. The number of nitrogens with zero attached hydrogens (tertiary/aromatic N) is 1. The second kappa shape index (κ2) is 6.19. The van der Waals surface area contributed by atoms with Crippen molar-refractivity contribution in [3.8, 4) is 0 Å². The van der Waals surface area contributed by atoms with Crippen molar-refractivity contribution in [3.05, 3.63) is 35.6 Å². The Morgan fingerprint density at radius 2 is 2.00 bits per heavy atom. The van der Waals surface area contributed by atoms with Crippen molar-refractivity contribution in [2.24, 2.45) is 5.92 Å². The topological polar surface area (TPSA) is 56.4 Å². The highest BCUT2D eigenvalue weighted by Crippen LogP contribution is 2.30. The first-order valence-electron chi connectivity index (χ1n) is 8.50. The van der Waals surface area contributed by atoms with Gasteiger partial charge in [-0.3, -0.25) is 10.2 Å². The summed E-state index contributed by atoms with van der Waals surface area (Å²) >= 11 is 0. The van der Waals surface area contributed by atoms with Gasteiger partial charge in [0.25, 0.3) is 0 Å². The molecule has 0 aliphatic carbocycles. The number of fused-ring (bicyclic) bond motifs is 2. The van der Waals surface area contributed by atoms with E-state index in [9.17, 15) is 9.18 Å². The molecule has 3 aliphatic rings. The molecule has 3 fully saturated rings. The van der Waals surface area contributed by atoms with E-state index in [4.69, 9.17) is 0 Å². The van der Waals surface area contributed by atoms with Gasteiger partial charge in [0.1, 0.15) is 5.82 Å². The van der Waals surface area contributed by atoms with Gasteiger partial charge in [-0.15, -0.1) is 0 Å². The van der Waals surface area contributed by atoms with Gasteiger partial charge < -0.3 is 10.2 Å². The quantitative estimate of drug-likeness (QED) is 0.760. The average molecular weight is 318 g/mol. The van der Waals surface area contributed by atoms with Gasteiger partial charge in [-0.05, 0) is 25.3 Å². The fourth-order valence-corrected chi connectivity index (χ4v) is 4.13. The van der Waals surface area contributed by atoms with Gasteiger partial charge in [0, 0.05) is 37.3 Å². The predicted molar refractivity (Wildman–Crippen MR) is 84.9 cm³/mol. The Kier molecular flexibility index (Phi) is 4.05. The molecule has 23 heavy (non-hydrogen) atoms. The molecule has 4 unspecified atom stereocenters. The minimum absolute atomic E-state index is 0.130. The number of carbonyl (C=O) groups excluding carboxylic acids is 1. The van der Waals surface area contributed by atoms with Crippen molar-refractivity contribution < 1.29 is 9.18 Å². The van der Waals surface area contributed by atoms with Gasteiger partial charge >= 0.3 is 0 Å². The molecule has 5 nitrogen and oxygen atoms in total. The smallest absolute Gasteiger partial charge is 0.229 e. The fourth-order valence-electron chi connectivity index (χ4n) is 4.13. The van der Waals surface area contributed by atoms with Gasteiger partial charge in [0.15, 0.2) is 0 Å². The SMILES string of the molecule is O=C(C1CNNC1c1ccccc1F)N1CCC2CCC(C1)N2. The van der Waals surface area contributed by atoms with Crippen LogP contribution in [0.25, 0.3) is 0 Å². The molecule has 4 atom stereocenters. The minimum Gasteiger partial charge on any atom is -0.341 e. The highest BCUT2D eigenvalue weighted by Gasteiger charge is 2.39. The lowest BCUT2D eigenvalue weighted by molar-refractivity contribution is -0.135. The van der Waals surface area contributed by atoms with Crippen LogP contribution >= 0.6 is 0 Å². The summed E-state index contributed by atoms with van der Waals surface area (Å²) in [4.78, 5) is 15.0. The monoisotopic (exact) mass is 318 g/mol. The molecule has 0 radical (unpaired) electrons.